The van der Waals surface area contributed by atoms with E-state index in [-0.39, 0.29) is 17.9 Å². The molecule has 3 N–H and O–H groups in total. The van der Waals surface area contributed by atoms with Gasteiger partial charge in [-0.05, 0) is 24.0 Å². The first kappa shape index (κ1) is 14.5. The number of fused-ring (bicyclic) bond motifs is 1. The molecule has 4 heteroatoms. The number of hydrogen-bond donors (Lipinski definition) is 3. The zero-order chi connectivity index (χ0) is 14.7. The predicted octanol–water partition coefficient (Wildman–Crippen LogP) is 1.68. The van der Waals surface area contributed by atoms with Crippen LogP contribution in [0, 0.1) is 0 Å². The highest BCUT2D eigenvalue weighted by Gasteiger charge is 2.30. The third-order valence-corrected chi connectivity index (χ3v) is 4.72. The summed E-state index contributed by atoms with van der Waals surface area (Å²) < 4.78 is 0. The highest BCUT2D eigenvalue weighted by atomic mass is 16.3. The average molecular weight is 288 g/mol. The van der Waals surface area contributed by atoms with E-state index >= 15 is 0 Å². The first-order valence-corrected chi connectivity index (χ1v) is 8.02. The molecule has 0 spiro atoms. The molecule has 114 valence electrons. The third-order valence-electron chi connectivity index (χ3n) is 4.72. The monoisotopic (exact) mass is 288 g/mol. The number of rotatable bonds is 2. The molecule has 1 fully saturated rings. The van der Waals surface area contributed by atoms with E-state index in [9.17, 15) is 9.90 Å². The molecule has 0 saturated heterocycles. The Hall–Kier alpha value is -1.39. The summed E-state index contributed by atoms with van der Waals surface area (Å²) in [7, 11) is 0. The summed E-state index contributed by atoms with van der Waals surface area (Å²) in [6.07, 6.45) is 4.57. The molecular weight excluding hydrogens is 264 g/mol. The van der Waals surface area contributed by atoms with E-state index in [2.05, 4.69) is 16.7 Å². The molecule has 21 heavy (non-hydrogen) atoms. The maximum absolute atomic E-state index is 12.6. The zero-order valence-corrected chi connectivity index (χ0v) is 12.3. The molecular formula is C17H24N2O2. The van der Waals surface area contributed by atoms with Crippen molar-refractivity contribution in [2.75, 3.05) is 6.54 Å². The van der Waals surface area contributed by atoms with Crippen LogP contribution in [0.5, 0.6) is 0 Å². The summed E-state index contributed by atoms with van der Waals surface area (Å²) in [5.41, 5.74) is 2.32. The molecule has 3 atom stereocenters. The quantitative estimate of drug-likeness (QED) is 0.726. The SMILES string of the molecule is O=C(NC1CCCCCC1O)C1CNCc2ccccc21. The van der Waals surface area contributed by atoms with Crippen LogP contribution in [0.15, 0.2) is 24.3 Å². The number of carbonyl (C=O) groups is 1. The standard InChI is InChI=1S/C17H24N2O2/c20-16-9-3-1-2-8-15(16)19-17(21)14-11-18-10-12-6-4-5-7-13(12)14/h4-7,14-16,18,20H,1-3,8-11H2,(H,19,21). The smallest absolute Gasteiger partial charge is 0.229 e. The Morgan fingerprint density at radius 2 is 2.00 bits per heavy atom. The van der Waals surface area contributed by atoms with Crippen molar-refractivity contribution in [3.8, 4) is 0 Å². The van der Waals surface area contributed by atoms with E-state index in [1.165, 1.54) is 5.56 Å². The minimum absolute atomic E-state index is 0.0422. The molecule has 1 aliphatic carbocycles. The second kappa shape index (κ2) is 6.58. The zero-order valence-electron chi connectivity index (χ0n) is 12.3. The molecule has 0 bridgehead atoms. The van der Waals surface area contributed by atoms with Gasteiger partial charge in [0.05, 0.1) is 18.1 Å². The lowest BCUT2D eigenvalue weighted by molar-refractivity contribution is -0.124. The van der Waals surface area contributed by atoms with E-state index in [0.29, 0.717) is 6.54 Å². The highest BCUT2D eigenvalue weighted by Crippen LogP contribution is 2.25. The van der Waals surface area contributed by atoms with Gasteiger partial charge in [0, 0.05) is 13.1 Å². The molecule has 3 rings (SSSR count). The number of carbonyl (C=O) groups excluding carboxylic acids is 1. The topological polar surface area (TPSA) is 61.4 Å². The summed E-state index contributed by atoms with van der Waals surface area (Å²) in [6.45, 7) is 1.50. The van der Waals surface area contributed by atoms with Gasteiger partial charge in [0.15, 0.2) is 0 Å². The molecule has 1 aromatic carbocycles. The fourth-order valence-electron chi connectivity index (χ4n) is 3.47. The lowest BCUT2D eigenvalue weighted by Crippen LogP contribution is -2.47. The van der Waals surface area contributed by atoms with Crippen LogP contribution < -0.4 is 10.6 Å². The van der Waals surface area contributed by atoms with Crippen LogP contribution in [0.2, 0.25) is 0 Å². The van der Waals surface area contributed by atoms with Crippen LogP contribution in [-0.4, -0.2) is 29.7 Å². The van der Waals surface area contributed by atoms with Gasteiger partial charge >= 0.3 is 0 Å². The molecule has 1 saturated carbocycles. The molecule has 0 radical (unpaired) electrons. The Morgan fingerprint density at radius 3 is 2.90 bits per heavy atom. The van der Waals surface area contributed by atoms with Gasteiger partial charge in [0.1, 0.15) is 0 Å². The molecule has 1 heterocycles. The molecule has 1 amide bonds. The Balaban J connectivity index is 1.71. The van der Waals surface area contributed by atoms with Crippen molar-refractivity contribution in [2.45, 2.75) is 56.7 Å². The normalized spacial score (nSPS) is 29.3. The van der Waals surface area contributed by atoms with Gasteiger partial charge in [0.2, 0.25) is 5.91 Å². The second-order valence-electron chi connectivity index (χ2n) is 6.20. The van der Waals surface area contributed by atoms with Gasteiger partial charge < -0.3 is 15.7 Å². The van der Waals surface area contributed by atoms with Crippen LogP contribution in [0.3, 0.4) is 0 Å². The van der Waals surface area contributed by atoms with Gasteiger partial charge in [-0.3, -0.25) is 4.79 Å². The fourth-order valence-corrected chi connectivity index (χ4v) is 3.47. The van der Waals surface area contributed by atoms with Crippen LogP contribution in [0.4, 0.5) is 0 Å². The van der Waals surface area contributed by atoms with E-state index in [4.69, 9.17) is 0 Å². The number of amides is 1. The highest BCUT2D eigenvalue weighted by molar-refractivity contribution is 5.85. The van der Waals surface area contributed by atoms with Crippen LogP contribution in [0.25, 0.3) is 0 Å². The number of hydrogen-bond acceptors (Lipinski definition) is 3. The molecule has 1 aliphatic heterocycles. The number of benzene rings is 1. The number of nitrogens with one attached hydrogen (secondary N) is 2. The van der Waals surface area contributed by atoms with Crippen LogP contribution in [-0.2, 0) is 11.3 Å². The van der Waals surface area contributed by atoms with E-state index < -0.39 is 6.10 Å². The molecule has 4 nitrogen and oxygen atoms in total. The summed E-state index contributed by atoms with van der Waals surface area (Å²) in [4.78, 5) is 12.6. The Bertz CT molecular complexity index is 503. The van der Waals surface area contributed by atoms with Crippen molar-refractivity contribution in [1.29, 1.82) is 0 Å². The largest absolute Gasteiger partial charge is 0.391 e. The number of aliphatic hydroxyl groups is 1. The Labute approximate surface area is 125 Å². The van der Waals surface area contributed by atoms with Crippen molar-refractivity contribution in [2.24, 2.45) is 0 Å². The summed E-state index contributed by atoms with van der Waals surface area (Å²) in [5.74, 6) is -0.106. The molecule has 2 aliphatic rings. The van der Waals surface area contributed by atoms with E-state index in [0.717, 1.165) is 44.2 Å². The fraction of sp³-hybridized carbons (Fsp3) is 0.588. The lowest BCUT2D eigenvalue weighted by atomic mass is 9.89. The maximum Gasteiger partial charge on any atom is 0.229 e. The Kier molecular flexibility index (Phi) is 4.56. The van der Waals surface area contributed by atoms with Gasteiger partial charge in [-0.1, -0.05) is 43.5 Å². The van der Waals surface area contributed by atoms with E-state index in [1.807, 2.05) is 18.2 Å². The lowest BCUT2D eigenvalue weighted by Gasteiger charge is -2.29. The minimum Gasteiger partial charge on any atom is -0.391 e. The van der Waals surface area contributed by atoms with Crippen molar-refractivity contribution < 1.29 is 9.90 Å². The maximum atomic E-state index is 12.6. The van der Waals surface area contributed by atoms with Crippen molar-refractivity contribution >= 4 is 5.91 Å². The summed E-state index contributed by atoms with van der Waals surface area (Å²) >= 11 is 0. The average Bonchev–Trinajstić information content (AvgIpc) is 2.71. The van der Waals surface area contributed by atoms with Gasteiger partial charge in [-0.2, -0.15) is 0 Å². The van der Waals surface area contributed by atoms with Crippen LogP contribution >= 0.6 is 0 Å². The van der Waals surface area contributed by atoms with Gasteiger partial charge in [0.25, 0.3) is 0 Å². The first-order chi connectivity index (χ1) is 10.3. The minimum atomic E-state index is -0.400. The van der Waals surface area contributed by atoms with Crippen molar-refractivity contribution in [3.05, 3.63) is 35.4 Å². The number of aliphatic hydroxyl groups excluding tert-OH is 1. The first-order valence-electron chi connectivity index (χ1n) is 8.02. The molecule has 1 aromatic rings. The summed E-state index contributed by atoms with van der Waals surface area (Å²) in [5, 5.41) is 16.6. The van der Waals surface area contributed by atoms with Gasteiger partial charge in [-0.25, -0.2) is 0 Å². The van der Waals surface area contributed by atoms with Crippen LogP contribution in [0.1, 0.15) is 49.1 Å². The second-order valence-corrected chi connectivity index (χ2v) is 6.20. The summed E-state index contributed by atoms with van der Waals surface area (Å²) in [6, 6.07) is 8.03. The van der Waals surface area contributed by atoms with Crippen molar-refractivity contribution in [1.82, 2.24) is 10.6 Å². The van der Waals surface area contributed by atoms with Crippen molar-refractivity contribution in [3.63, 3.8) is 0 Å². The molecule has 0 aromatic heterocycles. The van der Waals surface area contributed by atoms with Gasteiger partial charge in [-0.15, -0.1) is 0 Å². The Morgan fingerprint density at radius 1 is 1.19 bits per heavy atom. The third kappa shape index (κ3) is 3.27. The predicted molar refractivity (Wildman–Crippen MR) is 81.9 cm³/mol. The molecule has 3 unspecified atom stereocenters. The van der Waals surface area contributed by atoms with E-state index in [1.54, 1.807) is 0 Å².